The Balaban J connectivity index is 2.39. The van der Waals surface area contributed by atoms with Gasteiger partial charge < -0.3 is 10.2 Å². The second-order valence-corrected chi connectivity index (χ2v) is 4.71. The summed E-state index contributed by atoms with van der Waals surface area (Å²) in [6, 6.07) is 8.57. The zero-order valence-corrected chi connectivity index (χ0v) is 10.7. The SMILES string of the molecule is CC(C)N(C)Cc1oc2ccccc2c1CN. The summed E-state index contributed by atoms with van der Waals surface area (Å²) in [5.74, 6) is 0.991. The van der Waals surface area contributed by atoms with Crippen molar-refractivity contribution in [2.24, 2.45) is 5.73 Å². The average Bonchev–Trinajstić information content (AvgIpc) is 2.65. The third-order valence-electron chi connectivity index (χ3n) is 3.26. The van der Waals surface area contributed by atoms with Crippen LogP contribution < -0.4 is 5.73 Å². The maximum atomic E-state index is 5.89. The van der Waals surface area contributed by atoms with E-state index in [2.05, 4.69) is 31.9 Å². The van der Waals surface area contributed by atoms with E-state index in [1.807, 2.05) is 18.2 Å². The molecule has 0 saturated heterocycles. The van der Waals surface area contributed by atoms with Crippen molar-refractivity contribution in [3.63, 3.8) is 0 Å². The third kappa shape index (κ3) is 2.35. The van der Waals surface area contributed by atoms with E-state index in [9.17, 15) is 0 Å². The minimum atomic E-state index is 0.494. The zero-order valence-electron chi connectivity index (χ0n) is 10.7. The van der Waals surface area contributed by atoms with Crippen molar-refractivity contribution in [1.82, 2.24) is 4.90 Å². The van der Waals surface area contributed by atoms with Gasteiger partial charge in [-0.3, -0.25) is 4.90 Å². The summed E-state index contributed by atoms with van der Waals surface area (Å²) in [6.07, 6.45) is 0. The molecule has 17 heavy (non-hydrogen) atoms. The van der Waals surface area contributed by atoms with Crippen LogP contribution in [0.5, 0.6) is 0 Å². The quantitative estimate of drug-likeness (QED) is 0.881. The van der Waals surface area contributed by atoms with Gasteiger partial charge in [-0.2, -0.15) is 0 Å². The third-order valence-corrected chi connectivity index (χ3v) is 3.26. The monoisotopic (exact) mass is 232 g/mol. The first kappa shape index (κ1) is 12.1. The molecule has 1 aromatic heterocycles. The molecule has 0 saturated carbocycles. The van der Waals surface area contributed by atoms with Gasteiger partial charge in [-0.05, 0) is 27.0 Å². The topological polar surface area (TPSA) is 42.4 Å². The van der Waals surface area contributed by atoms with Crippen LogP contribution in [0.4, 0.5) is 0 Å². The molecule has 3 nitrogen and oxygen atoms in total. The molecule has 0 spiro atoms. The van der Waals surface area contributed by atoms with Gasteiger partial charge >= 0.3 is 0 Å². The Morgan fingerprint density at radius 3 is 2.65 bits per heavy atom. The number of para-hydroxylation sites is 1. The van der Waals surface area contributed by atoms with Crippen molar-refractivity contribution in [3.8, 4) is 0 Å². The Kier molecular flexibility index (Phi) is 3.50. The van der Waals surface area contributed by atoms with Gasteiger partial charge in [0.25, 0.3) is 0 Å². The number of rotatable bonds is 4. The summed E-state index contributed by atoms with van der Waals surface area (Å²) >= 11 is 0. The molecule has 92 valence electrons. The molecule has 0 radical (unpaired) electrons. The van der Waals surface area contributed by atoms with Crippen molar-refractivity contribution in [3.05, 3.63) is 35.6 Å². The highest BCUT2D eigenvalue weighted by atomic mass is 16.3. The molecule has 0 bridgehead atoms. The van der Waals surface area contributed by atoms with E-state index in [1.54, 1.807) is 0 Å². The minimum absolute atomic E-state index is 0.494. The maximum absolute atomic E-state index is 5.89. The molecular formula is C14H20N2O. The smallest absolute Gasteiger partial charge is 0.134 e. The van der Waals surface area contributed by atoms with Gasteiger partial charge in [-0.25, -0.2) is 0 Å². The lowest BCUT2D eigenvalue weighted by molar-refractivity contribution is 0.245. The van der Waals surface area contributed by atoms with Crippen LogP contribution >= 0.6 is 0 Å². The van der Waals surface area contributed by atoms with Crippen molar-refractivity contribution >= 4 is 11.0 Å². The highest BCUT2D eigenvalue weighted by Gasteiger charge is 2.15. The van der Waals surface area contributed by atoms with Crippen LogP contribution in [-0.2, 0) is 13.1 Å². The molecule has 0 amide bonds. The first-order chi connectivity index (χ1) is 8.13. The predicted octanol–water partition coefficient (Wildman–Crippen LogP) is 2.73. The average molecular weight is 232 g/mol. The van der Waals surface area contributed by atoms with E-state index >= 15 is 0 Å². The lowest BCUT2D eigenvalue weighted by Crippen LogP contribution is -2.26. The summed E-state index contributed by atoms with van der Waals surface area (Å²) in [4.78, 5) is 2.25. The number of furan rings is 1. The largest absolute Gasteiger partial charge is 0.459 e. The number of fused-ring (bicyclic) bond motifs is 1. The molecule has 0 fully saturated rings. The van der Waals surface area contributed by atoms with Gasteiger partial charge in [-0.15, -0.1) is 0 Å². The normalized spacial score (nSPS) is 11.9. The van der Waals surface area contributed by atoms with Gasteiger partial charge in [0.05, 0.1) is 6.54 Å². The van der Waals surface area contributed by atoms with Crippen LogP contribution in [-0.4, -0.2) is 18.0 Å². The first-order valence-corrected chi connectivity index (χ1v) is 6.03. The van der Waals surface area contributed by atoms with Gasteiger partial charge in [-0.1, -0.05) is 18.2 Å². The van der Waals surface area contributed by atoms with Crippen molar-refractivity contribution < 1.29 is 4.42 Å². The van der Waals surface area contributed by atoms with E-state index in [0.717, 1.165) is 28.8 Å². The standard InChI is InChI=1S/C14H20N2O/c1-10(2)16(3)9-14-12(8-15)11-6-4-5-7-13(11)17-14/h4-7,10H,8-9,15H2,1-3H3. The minimum Gasteiger partial charge on any atom is -0.459 e. The fraction of sp³-hybridized carbons (Fsp3) is 0.429. The van der Waals surface area contributed by atoms with Crippen molar-refractivity contribution in [1.29, 1.82) is 0 Å². The van der Waals surface area contributed by atoms with E-state index in [0.29, 0.717) is 12.6 Å². The summed E-state index contributed by atoms with van der Waals surface area (Å²) < 4.78 is 5.89. The molecule has 0 aliphatic heterocycles. The fourth-order valence-electron chi connectivity index (χ4n) is 1.91. The van der Waals surface area contributed by atoms with Crippen LogP contribution in [0.25, 0.3) is 11.0 Å². The second-order valence-electron chi connectivity index (χ2n) is 4.71. The van der Waals surface area contributed by atoms with Crippen LogP contribution in [0.15, 0.2) is 28.7 Å². The van der Waals surface area contributed by atoms with Crippen molar-refractivity contribution in [2.45, 2.75) is 33.0 Å². The molecule has 0 unspecified atom stereocenters. The Hall–Kier alpha value is -1.32. The van der Waals surface area contributed by atoms with E-state index in [-0.39, 0.29) is 0 Å². The first-order valence-electron chi connectivity index (χ1n) is 6.03. The molecular weight excluding hydrogens is 212 g/mol. The Morgan fingerprint density at radius 1 is 1.29 bits per heavy atom. The van der Waals surface area contributed by atoms with Gasteiger partial charge in [0.2, 0.25) is 0 Å². The zero-order chi connectivity index (χ0) is 12.4. The van der Waals surface area contributed by atoms with E-state index < -0.39 is 0 Å². The molecule has 3 heteroatoms. The van der Waals surface area contributed by atoms with Crippen LogP contribution in [0.3, 0.4) is 0 Å². The molecule has 0 atom stereocenters. The van der Waals surface area contributed by atoms with E-state index in [1.165, 1.54) is 0 Å². The Morgan fingerprint density at radius 2 is 2.00 bits per heavy atom. The second kappa shape index (κ2) is 4.90. The predicted molar refractivity (Wildman–Crippen MR) is 70.7 cm³/mol. The molecule has 2 rings (SSSR count). The number of hydrogen-bond donors (Lipinski definition) is 1. The van der Waals surface area contributed by atoms with Gasteiger partial charge in [0.1, 0.15) is 11.3 Å². The number of nitrogens with zero attached hydrogens (tertiary/aromatic N) is 1. The number of nitrogens with two attached hydrogens (primary N) is 1. The van der Waals surface area contributed by atoms with Gasteiger partial charge in [0.15, 0.2) is 0 Å². The maximum Gasteiger partial charge on any atom is 0.134 e. The van der Waals surface area contributed by atoms with Crippen molar-refractivity contribution in [2.75, 3.05) is 7.05 Å². The Bertz CT molecular complexity index is 502. The van der Waals surface area contributed by atoms with Crippen LogP contribution in [0, 0.1) is 0 Å². The summed E-state index contributed by atoms with van der Waals surface area (Å²) in [5, 5.41) is 1.14. The lowest BCUT2D eigenvalue weighted by atomic mass is 10.1. The fourth-order valence-corrected chi connectivity index (χ4v) is 1.91. The summed E-state index contributed by atoms with van der Waals surface area (Å²) in [7, 11) is 2.10. The molecule has 0 aliphatic carbocycles. The molecule has 2 N–H and O–H groups in total. The molecule has 0 aliphatic rings. The van der Waals surface area contributed by atoms with Crippen LogP contribution in [0.1, 0.15) is 25.2 Å². The lowest BCUT2D eigenvalue weighted by Gasteiger charge is -2.19. The molecule has 1 heterocycles. The highest BCUT2D eigenvalue weighted by Crippen LogP contribution is 2.26. The van der Waals surface area contributed by atoms with Crippen LogP contribution in [0.2, 0.25) is 0 Å². The molecule has 2 aromatic rings. The Labute approximate surface area is 102 Å². The van der Waals surface area contributed by atoms with Gasteiger partial charge in [0, 0.05) is 23.5 Å². The summed E-state index contributed by atoms with van der Waals surface area (Å²) in [5.41, 5.74) is 7.90. The summed E-state index contributed by atoms with van der Waals surface area (Å²) in [6.45, 7) is 5.67. The van der Waals surface area contributed by atoms with E-state index in [4.69, 9.17) is 10.2 Å². The number of benzene rings is 1. The highest BCUT2D eigenvalue weighted by molar-refractivity contribution is 5.82. The molecule has 1 aromatic carbocycles. The number of hydrogen-bond acceptors (Lipinski definition) is 3.